The third-order valence-corrected chi connectivity index (χ3v) is 4.97. The molecule has 0 aromatic heterocycles. The largest absolute Gasteiger partial charge is 0.481 e. The maximum absolute atomic E-state index is 12.1. The summed E-state index contributed by atoms with van der Waals surface area (Å²) in [5.74, 6) is -0.758. The lowest BCUT2D eigenvalue weighted by atomic mass is 10.2. The van der Waals surface area contributed by atoms with Crippen LogP contribution in [0.25, 0.3) is 0 Å². The van der Waals surface area contributed by atoms with Crippen LogP contribution in [0.2, 0.25) is 0 Å². The van der Waals surface area contributed by atoms with Gasteiger partial charge in [0.1, 0.15) is 0 Å². The summed E-state index contributed by atoms with van der Waals surface area (Å²) < 4.78 is 24.2. The quantitative estimate of drug-likeness (QED) is 0.711. The van der Waals surface area contributed by atoms with Gasteiger partial charge in [0.05, 0.1) is 17.1 Å². The average Bonchev–Trinajstić information content (AvgIpc) is 2.38. The van der Waals surface area contributed by atoms with E-state index in [1.807, 2.05) is 0 Å². The van der Waals surface area contributed by atoms with Gasteiger partial charge >= 0.3 is 5.97 Å². The smallest absolute Gasteiger partial charge is 0.307 e. The number of unbranched alkanes of at least 4 members (excludes halogenated alkanes) is 4. The van der Waals surface area contributed by atoms with Gasteiger partial charge in [-0.1, -0.05) is 44.7 Å². The summed E-state index contributed by atoms with van der Waals surface area (Å²) in [4.78, 5) is 10.8. The molecule has 1 rings (SSSR count). The van der Waals surface area contributed by atoms with Gasteiger partial charge in [0.15, 0.2) is 9.84 Å². The number of aliphatic carboxylic acids is 1. The Morgan fingerprint density at radius 2 is 1.65 bits per heavy atom. The molecule has 0 amide bonds. The number of sulfone groups is 1. The van der Waals surface area contributed by atoms with Crippen LogP contribution in [0, 0.1) is 0 Å². The molecule has 112 valence electrons. The van der Waals surface area contributed by atoms with Crippen molar-refractivity contribution in [3.05, 3.63) is 29.8 Å². The number of carbonyl (C=O) groups is 1. The number of carboxylic acid groups (broad SMARTS) is 1. The van der Waals surface area contributed by atoms with E-state index >= 15 is 0 Å². The predicted octanol–water partition coefficient (Wildman–Crippen LogP) is 3.06. The highest BCUT2D eigenvalue weighted by atomic mass is 32.2. The maximum atomic E-state index is 12.1. The molecule has 5 heteroatoms. The molecule has 0 bridgehead atoms. The van der Waals surface area contributed by atoms with Crippen molar-refractivity contribution >= 4 is 15.8 Å². The monoisotopic (exact) mass is 298 g/mol. The zero-order valence-corrected chi connectivity index (χ0v) is 12.7. The van der Waals surface area contributed by atoms with Crippen LogP contribution in [-0.4, -0.2) is 25.2 Å². The first-order valence-corrected chi connectivity index (χ1v) is 8.64. The van der Waals surface area contributed by atoms with Gasteiger partial charge in [-0.3, -0.25) is 4.79 Å². The lowest BCUT2D eigenvalue weighted by Crippen LogP contribution is -2.07. The summed E-state index contributed by atoms with van der Waals surface area (Å²) >= 11 is 0. The molecule has 4 nitrogen and oxygen atoms in total. The van der Waals surface area contributed by atoms with Gasteiger partial charge < -0.3 is 5.11 Å². The van der Waals surface area contributed by atoms with Crippen LogP contribution in [0.4, 0.5) is 0 Å². The Bertz CT molecular complexity index is 517. The van der Waals surface area contributed by atoms with Gasteiger partial charge in [0, 0.05) is 0 Å². The Morgan fingerprint density at radius 1 is 1.05 bits per heavy atom. The Morgan fingerprint density at radius 3 is 2.20 bits per heavy atom. The van der Waals surface area contributed by atoms with Crippen molar-refractivity contribution in [1.29, 1.82) is 0 Å². The number of benzene rings is 1. The molecule has 0 heterocycles. The summed E-state index contributed by atoms with van der Waals surface area (Å²) in [6, 6.07) is 6.13. The summed E-state index contributed by atoms with van der Waals surface area (Å²) in [6.07, 6.45) is 4.88. The van der Waals surface area contributed by atoms with E-state index in [0.717, 1.165) is 25.7 Å². The van der Waals surface area contributed by atoms with E-state index in [2.05, 4.69) is 6.92 Å². The van der Waals surface area contributed by atoms with Crippen molar-refractivity contribution in [2.45, 2.75) is 50.3 Å². The lowest BCUT2D eigenvalue weighted by Gasteiger charge is -2.05. The lowest BCUT2D eigenvalue weighted by molar-refractivity contribution is -0.136. The van der Waals surface area contributed by atoms with Crippen molar-refractivity contribution in [1.82, 2.24) is 0 Å². The third-order valence-electron chi connectivity index (χ3n) is 3.15. The minimum absolute atomic E-state index is 0.0860. The normalized spacial score (nSPS) is 11.4. The summed E-state index contributed by atoms with van der Waals surface area (Å²) in [6.45, 7) is 2.12. The summed E-state index contributed by atoms with van der Waals surface area (Å²) in [7, 11) is -3.24. The van der Waals surface area contributed by atoms with Crippen molar-refractivity contribution in [2.24, 2.45) is 0 Å². The average molecular weight is 298 g/mol. The summed E-state index contributed by atoms with van der Waals surface area (Å²) in [5.41, 5.74) is 0.611. The number of hydrogen-bond donors (Lipinski definition) is 1. The van der Waals surface area contributed by atoms with Gasteiger partial charge in [0.2, 0.25) is 0 Å². The SMILES string of the molecule is CCCCCCCS(=O)(=O)c1ccc(CC(=O)O)cc1. The first-order chi connectivity index (χ1) is 9.45. The van der Waals surface area contributed by atoms with Crippen LogP contribution in [0.3, 0.4) is 0 Å². The number of rotatable bonds is 9. The second kappa shape index (κ2) is 8.04. The van der Waals surface area contributed by atoms with E-state index in [-0.39, 0.29) is 17.1 Å². The van der Waals surface area contributed by atoms with E-state index in [1.54, 1.807) is 12.1 Å². The molecule has 0 aliphatic rings. The highest BCUT2D eigenvalue weighted by molar-refractivity contribution is 7.91. The van der Waals surface area contributed by atoms with Crippen LogP contribution < -0.4 is 0 Å². The number of hydrogen-bond acceptors (Lipinski definition) is 3. The van der Waals surface area contributed by atoms with E-state index in [0.29, 0.717) is 12.0 Å². The fourth-order valence-corrected chi connectivity index (χ4v) is 3.37. The van der Waals surface area contributed by atoms with Gasteiger partial charge in [0.25, 0.3) is 0 Å². The minimum Gasteiger partial charge on any atom is -0.481 e. The van der Waals surface area contributed by atoms with Gasteiger partial charge in [-0.15, -0.1) is 0 Å². The molecule has 0 spiro atoms. The van der Waals surface area contributed by atoms with Crippen molar-refractivity contribution in [2.75, 3.05) is 5.75 Å². The minimum atomic E-state index is -3.24. The van der Waals surface area contributed by atoms with Crippen LogP contribution in [0.5, 0.6) is 0 Å². The predicted molar refractivity (Wildman–Crippen MR) is 78.6 cm³/mol. The maximum Gasteiger partial charge on any atom is 0.307 e. The van der Waals surface area contributed by atoms with Crippen molar-refractivity contribution < 1.29 is 18.3 Å². The zero-order chi connectivity index (χ0) is 15.0. The molecule has 0 aliphatic carbocycles. The van der Waals surface area contributed by atoms with Crippen LogP contribution >= 0.6 is 0 Å². The van der Waals surface area contributed by atoms with Crippen molar-refractivity contribution in [3.8, 4) is 0 Å². The molecule has 0 saturated carbocycles. The van der Waals surface area contributed by atoms with Crippen LogP contribution in [-0.2, 0) is 21.1 Å². The van der Waals surface area contributed by atoms with E-state index in [4.69, 9.17) is 5.11 Å². The molecule has 0 radical (unpaired) electrons. The molecular weight excluding hydrogens is 276 g/mol. The molecule has 0 aliphatic heterocycles. The zero-order valence-electron chi connectivity index (χ0n) is 11.8. The fourth-order valence-electron chi connectivity index (χ4n) is 2.00. The van der Waals surface area contributed by atoms with Gasteiger partial charge in [-0.2, -0.15) is 0 Å². The Labute approximate surface area is 120 Å². The highest BCUT2D eigenvalue weighted by Gasteiger charge is 2.14. The number of carboxylic acids is 1. The molecule has 1 aromatic rings. The molecular formula is C15H22O4S. The topological polar surface area (TPSA) is 71.4 Å². The Hall–Kier alpha value is -1.36. The van der Waals surface area contributed by atoms with Crippen molar-refractivity contribution in [3.63, 3.8) is 0 Å². The Kier molecular flexibility index (Phi) is 6.71. The molecule has 1 aromatic carbocycles. The molecule has 0 atom stereocenters. The molecule has 1 N–H and O–H groups in total. The van der Waals surface area contributed by atoms with E-state index in [9.17, 15) is 13.2 Å². The standard InChI is InChI=1S/C15H22O4S/c1-2-3-4-5-6-11-20(18,19)14-9-7-13(8-10-14)12-15(16)17/h7-10H,2-6,11-12H2,1H3,(H,16,17). The van der Waals surface area contributed by atoms with Crippen LogP contribution in [0.15, 0.2) is 29.2 Å². The highest BCUT2D eigenvalue weighted by Crippen LogP contribution is 2.15. The van der Waals surface area contributed by atoms with Crippen LogP contribution in [0.1, 0.15) is 44.6 Å². The second-order valence-electron chi connectivity index (χ2n) is 4.95. The fraction of sp³-hybridized carbons (Fsp3) is 0.533. The van der Waals surface area contributed by atoms with Gasteiger partial charge in [-0.25, -0.2) is 8.42 Å². The molecule has 0 saturated heterocycles. The summed E-state index contributed by atoms with van der Waals surface area (Å²) in [5, 5.41) is 8.66. The molecule has 0 fully saturated rings. The van der Waals surface area contributed by atoms with Gasteiger partial charge in [-0.05, 0) is 24.1 Å². The first-order valence-electron chi connectivity index (χ1n) is 6.99. The van der Waals surface area contributed by atoms with E-state index < -0.39 is 15.8 Å². The first kappa shape index (κ1) is 16.7. The third kappa shape index (κ3) is 5.74. The Balaban J connectivity index is 2.56. The second-order valence-corrected chi connectivity index (χ2v) is 7.06. The van der Waals surface area contributed by atoms with E-state index in [1.165, 1.54) is 12.1 Å². The molecule has 20 heavy (non-hydrogen) atoms. The molecule has 0 unspecified atom stereocenters.